The molecule has 0 amide bonds. The second-order valence-electron chi connectivity index (χ2n) is 3.98. The highest BCUT2D eigenvalue weighted by molar-refractivity contribution is 5.77. The van der Waals surface area contributed by atoms with E-state index >= 15 is 0 Å². The molecule has 0 unspecified atom stereocenters. The summed E-state index contributed by atoms with van der Waals surface area (Å²) >= 11 is 0. The summed E-state index contributed by atoms with van der Waals surface area (Å²) in [5.74, 6) is 0.158. The molecule has 0 saturated heterocycles. The second-order valence-corrected chi connectivity index (χ2v) is 3.98. The van der Waals surface area contributed by atoms with Crippen molar-refractivity contribution in [3.63, 3.8) is 0 Å². The lowest BCUT2D eigenvalue weighted by atomic mass is 10.3. The molecule has 2 aromatic heterocycles. The van der Waals surface area contributed by atoms with E-state index in [0.29, 0.717) is 11.5 Å². The molecule has 0 aliphatic heterocycles. The average Bonchev–Trinajstić information content (AvgIpc) is 3.13. The monoisotopic (exact) mass is 278 g/mol. The maximum atomic E-state index is 11.4. The van der Waals surface area contributed by atoms with Crippen LogP contribution in [-0.4, -0.2) is 11.9 Å². The molecule has 0 fully saturated rings. The van der Waals surface area contributed by atoms with Crippen molar-refractivity contribution >= 4 is 11.9 Å². The number of ether oxygens (including phenoxy) is 2. The summed E-state index contributed by atoms with van der Waals surface area (Å²) in [7, 11) is 0. The normalized spacial score (nSPS) is 10.2. The fourth-order valence-corrected chi connectivity index (χ4v) is 1.44. The summed E-state index contributed by atoms with van der Waals surface area (Å²) in [6, 6.07) is 6.81. The van der Waals surface area contributed by atoms with Gasteiger partial charge in [-0.3, -0.25) is 9.59 Å². The lowest BCUT2D eigenvalue weighted by Gasteiger charge is -2.03. The maximum absolute atomic E-state index is 11.4. The molecular formula is C14H14O6. The van der Waals surface area contributed by atoms with Crippen LogP contribution in [0.2, 0.25) is 0 Å². The van der Waals surface area contributed by atoms with E-state index in [2.05, 4.69) is 0 Å². The Balaban J connectivity index is 1.59. The number of esters is 2. The van der Waals surface area contributed by atoms with Gasteiger partial charge in [0.25, 0.3) is 0 Å². The summed E-state index contributed by atoms with van der Waals surface area (Å²) in [6.07, 6.45) is 2.93. The van der Waals surface area contributed by atoms with Crippen molar-refractivity contribution in [2.45, 2.75) is 26.1 Å². The molecule has 0 saturated carbocycles. The van der Waals surface area contributed by atoms with Crippen molar-refractivity contribution < 1.29 is 27.9 Å². The molecule has 0 aliphatic rings. The molecule has 0 radical (unpaired) electrons. The molecule has 106 valence electrons. The number of rotatable bonds is 7. The standard InChI is InChI=1S/C14H14O6/c15-13(19-9-11-3-1-7-17-11)5-6-14(16)20-10-12-4-2-8-18-12/h1-4,7-8H,5-6,9-10H2. The molecule has 0 bridgehead atoms. The van der Waals surface area contributed by atoms with Gasteiger partial charge in [-0.1, -0.05) is 0 Å². The minimum Gasteiger partial charge on any atom is -0.466 e. The van der Waals surface area contributed by atoms with Gasteiger partial charge < -0.3 is 18.3 Å². The minimum atomic E-state index is -0.476. The summed E-state index contributed by atoms with van der Waals surface area (Å²) in [4.78, 5) is 22.8. The maximum Gasteiger partial charge on any atom is 0.306 e. The van der Waals surface area contributed by atoms with E-state index in [-0.39, 0.29) is 26.1 Å². The first kappa shape index (κ1) is 13.9. The molecule has 0 aromatic carbocycles. The molecule has 6 nitrogen and oxygen atoms in total. The molecule has 6 heteroatoms. The Morgan fingerprint density at radius 2 is 1.30 bits per heavy atom. The van der Waals surface area contributed by atoms with E-state index in [1.165, 1.54) is 12.5 Å². The Hall–Kier alpha value is -2.50. The number of carbonyl (C=O) groups excluding carboxylic acids is 2. The van der Waals surface area contributed by atoms with Crippen LogP contribution in [0.1, 0.15) is 24.4 Å². The highest BCUT2D eigenvalue weighted by atomic mass is 16.5. The fourth-order valence-electron chi connectivity index (χ4n) is 1.44. The lowest BCUT2D eigenvalue weighted by Crippen LogP contribution is -2.10. The second kappa shape index (κ2) is 7.18. The lowest BCUT2D eigenvalue weighted by molar-refractivity contribution is -0.152. The molecule has 0 aliphatic carbocycles. The molecular weight excluding hydrogens is 264 g/mol. The average molecular weight is 278 g/mol. The highest BCUT2D eigenvalue weighted by Gasteiger charge is 2.10. The zero-order chi connectivity index (χ0) is 14.2. The Morgan fingerprint density at radius 1 is 0.850 bits per heavy atom. The van der Waals surface area contributed by atoms with E-state index in [0.717, 1.165) is 0 Å². The molecule has 2 heterocycles. The van der Waals surface area contributed by atoms with E-state index < -0.39 is 11.9 Å². The van der Waals surface area contributed by atoms with Crippen LogP contribution in [-0.2, 0) is 32.3 Å². The summed E-state index contributed by atoms with van der Waals surface area (Å²) in [6.45, 7) is 0.126. The van der Waals surface area contributed by atoms with Crippen molar-refractivity contribution in [3.8, 4) is 0 Å². The van der Waals surface area contributed by atoms with Gasteiger partial charge >= 0.3 is 11.9 Å². The van der Waals surface area contributed by atoms with E-state index in [4.69, 9.17) is 18.3 Å². The Kier molecular flexibility index (Phi) is 5.00. The van der Waals surface area contributed by atoms with Gasteiger partial charge in [-0.2, -0.15) is 0 Å². The molecule has 2 aromatic rings. The molecule has 0 atom stereocenters. The van der Waals surface area contributed by atoms with Crippen molar-refractivity contribution in [2.75, 3.05) is 0 Å². The van der Waals surface area contributed by atoms with Gasteiger partial charge in [0.1, 0.15) is 24.7 Å². The van der Waals surface area contributed by atoms with Crippen LogP contribution in [0.5, 0.6) is 0 Å². The Bertz CT molecular complexity index is 476. The van der Waals surface area contributed by atoms with Gasteiger partial charge in [-0.25, -0.2) is 0 Å². The van der Waals surface area contributed by atoms with E-state index in [9.17, 15) is 9.59 Å². The van der Waals surface area contributed by atoms with Gasteiger partial charge in [0.05, 0.1) is 25.4 Å². The van der Waals surface area contributed by atoms with E-state index in [1.807, 2.05) is 0 Å². The van der Waals surface area contributed by atoms with Crippen molar-refractivity contribution in [3.05, 3.63) is 48.3 Å². The van der Waals surface area contributed by atoms with Crippen LogP contribution in [0.15, 0.2) is 45.6 Å². The zero-order valence-corrected chi connectivity index (χ0v) is 10.7. The topological polar surface area (TPSA) is 78.9 Å². The van der Waals surface area contributed by atoms with E-state index in [1.54, 1.807) is 24.3 Å². The fraction of sp³-hybridized carbons (Fsp3) is 0.286. The number of furan rings is 2. The first-order valence-corrected chi connectivity index (χ1v) is 6.10. The Morgan fingerprint density at radius 3 is 1.65 bits per heavy atom. The molecule has 20 heavy (non-hydrogen) atoms. The van der Waals surface area contributed by atoms with Crippen LogP contribution in [0.3, 0.4) is 0 Å². The van der Waals surface area contributed by atoms with Gasteiger partial charge in [-0.15, -0.1) is 0 Å². The predicted molar refractivity (Wildman–Crippen MR) is 66.2 cm³/mol. The van der Waals surface area contributed by atoms with Gasteiger partial charge in [0.15, 0.2) is 0 Å². The third-order valence-corrected chi connectivity index (χ3v) is 2.44. The summed E-state index contributed by atoms with van der Waals surface area (Å²) in [5, 5.41) is 0. The van der Waals surface area contributed by atoms with Gasteiger partial charge in [-0.05, 0) is 24.3 Å². The number of hydrogen-bond acceptors (Lipinski definition) is 6. The first-order valence-electron chi connectivity index (χ1n) is 6.10. The molecule has 2 rings (SSSR count). The highest BCUT2D eigenvalue weighted by Crippen LogP contribution is 2.06. The zero-order valence-electron chi connectivity index (χ0n) is 10.7. The van der Waals surface area contributed by atoms with Crippen LogP contribution in [0.4, 0.5) is 0 Å². The summed E-state index contributed by atoms with van der Waals surface area (Å²) < 4.78 is 19.9. The smallest absolute Gasteiger partial charge is 0.306 e. The first-order chi connectivity index (χ1) is 9.74. The molecule has 0 spiro atoms. The van der Waals surface area contributed by atoms with Gasteiger partial charge in [0.2, 0.25) is 0 Å². The number of carbonyl (C=O) groups is 2. The summed E-state index contributed by atoms with van der Waals surface area (Å²) in [5.41, 5.74) is 0. The van der Waals surface area contributed by atoms with Crippen LogP contribution >= 0.6 is 0 Å². The van der Waals surface area contributed by atoms with Crippen molar-refractivity contribution in [2.24, 2.45) is 0 Å². The number of hydrogen-bond donors (Lipinski definition) is 0. The van der Waals surface area contributed by atoms with Crippen LogP contribution in [0, 0.1) is 0 Å². The quantitative estimate of drug-likeness (QED) is 0.724. The SMILES string of the molecule is O=C(CCC(=O)OCc1ccco1)OCc1ccco1. The van der Waals surface area contributed by atoms with Crippen molar-refractivity contribution in [1.82, 2.24) is 0 Å². The van der Waals surface area contributed by atoms with Crippen LogP contribution in [0.25, 0.3) is 0 Å². The predicted octanol–water partition coefficient (Wildman–Crippen LogP) is 2.44. The Labute approximate surface area is 115 Å². The molecule has 0 N–H and O–H groups in total. The minimum absolute atomic E-state index is 0.0301. The third-order valence-electron chi connectivity index (χ3n) is 2.44. The van der Waals surface area contributed by atoms with Crippen LogP contribution < -0.4 is 0 Å². The van der Waals surface area contributed by atoms with Gasteiger partial charge in [0, 0.05) is 0 Å². The third kappa shape index (κ3) is 4.64. The van der Waals surface area contributed by atoms with Crippen molar-refractivity contribution in [1.29, 1.82) is 0 Å². The largest absolute Gasteiger partial charge is 0.466 e.